The molecule has 0 aliphatic heterocycles. The number of hydrogen-bond donors (Lipinski definition) is 1. The lowest BCUT2D eigenvalue weighted by molar-refractivity contribution is 0.0948. The summed E-state index contributed by atoms with van der Waals surface area (Å²) in [6, 6.07) is 7.32. The van der Waals surface area contributed by atoms with Gasteiger partial charge in [0.1, 0.15) is 5.75 Å². The molecule has 2 unspecified atom stereocenters. The summed E-state index contributed by atoms with van der Waals surface area (Å²) >= 11 is 3.68. The molecular weight excluding hydrogens is 318 g/mol. The van der Waals surface area contributed by atoms with E-state index in [1.165, 1.54) is 19.3 Å². The number of carbonyl (C=O) groups is 1. The van der Waals surface area contributed by atoms with Crippen molar-refractivity contribution in [2.24, 2.45) is 5.92 Å². The highest BCUT2D eigenvalue weighted by molar-refractivity contribution is 9.09. The van der Waals surface area contributed by atoms with Crippen LogP contribution in [0.5, 0.6) is 5.75 Å². The number of alkyl halides is 1. The van der Waals surface area contributed by atoms with E-state index >= 15 is 0 Å². The van der Waals surface area contributed by atoms with Gasteiger partial charge in [0.05, 0.1) is 6.10 Å². The monoisotopic (exact) mass is 339 g/mol. The highest BCUT2D eigenvalue weighted by Crippen LogP contribution is 2.30. The fourth-order valence-corrected chi connectivity index (χ4v) is 3.28. The number of hydrogen-bond acceptors (Lipinski definition) is 2. The predicted octanol–water partition coefficient (Wildman–Crippen LogP) is 3.77. The highest BCUT2D eigenvalue weighted by atomic mass is 79.9. The van der Waals surface area contributed by atoms with Crippen molar-refractivity contribution in [1.29, 1.82) is 0 Å². The largest absolute Gasteiger partial charge is 0.491 e. The molecule has 1 aromatic carbocycles. The average molecular weight is 340 g/mol. The fourth-order valence-electron chi connectivity index (χ4n) is 2.50. The van der Waals surface area contributed by atoms with Crippen molar-refractivity contribution in [2.75, 3.05) is 6.54 Å². The number of amides is 1. The maximum absolute atomic E-state index is 12.1. The summed E-state index contributed by atoms with van der Waals surface area (Å²) in [5, 5.41) is 3.02. The number of nitrogens with one attached hydrogen (secondary N) is 1. The first-order valence-electron chi connectivity index (χ1n) is 7.25. The molecule has 110 valence electrons. The maximum atomic E-state index is 12.1. The SMILES string of the molecule is CC(C)Oc1ccc(C(=O)NCC2CCCC2Br)cc1. The topological polar surface area (TPSA) is 38.3 Å². The molecule has 1 aliphatic rings. The third-order valence-corrected chi connectivity index (χ3v) is 4.78. The minimum Gasteiger partial charge on any atom is -0.491 e. The molecule has 4 heteroatoms. The number of benzene rings is 1. The molecule has 0 spiro atoms. The van der Waals surface area contributed by atoms with Gasteiger partial charge in [0, 0.05) is 16.9 Å². The molecule has 1 saturated carbocycles. The summed E-state index contributed by atoms with van der Waals surface area (Å²) < 4.78 is 5.57. The third kappa shape index (κ3) is 4.23. The first kappa shape index (κ1) is 15.4. The number of ether oxygens (including phenoxy) is 1. The van der Waals surface area contributed by atoms with Crippen LogP contribution in [0.25, 0.3) is 0 Å². The molecule has 1 fully saturated rings. The minimum atomic E-state index is -0.00676. The van der Waals surface area contributed by atoms with E-state index in [-0.39, 0.29) is 12.0 Å². The first-order chi connectivity index (χ1) is 9.56. The van der Waals surface area contributed by atoms with Crippen molar-refractivity contribution in [1.82, 2.24) is 5.32 Å². The zero-order valence-corrected chi connectivity index (χ0v) is 13.7. The van der Waals surface area contributed by atoms with Crippen LogP contribution in [0.4, 0.5) is 0 Å². The molecule has 1 aliphatic carbocycles. The Kier molecular flexibility index (Phi) is 5.46. The van der Waals surface area contributed by atoms with E-state index in [0.717, 1.165) is 12.3 Å². The van der Waals surface area contributed by atoms with Crippen molar-refractivity contribution in [3.05, 3.63) is 29.8 Å². The van der Waals surface area contributed by atoms with Gasteiger partial charge in [-0.25, -0.2) is 0 Å². The van der Waals surface area contributed by atoms with Gasteiger partial charge in [-0.3, -0.25) is 4.79 Å². The molecule has 0 heterocycles. The van der Waals surface area contributed by atoms with Gasteiger partial charge in [0.2, 0.25) is 0 Å². The molecule has 0 radical (unpaired) electrons. The van der Waals surface area contributed by atoms with E-state index in [9.17, 15) is 4.79 Å². The van der Waals surface area contributed by atoms with Crippen LogP contribution < -0.4 is 10.1 Å². The quantitative estimate of drug-likeness (QED) is 0.829. The Morgan fingerprint density at radius 3 is 2.60 bits per heavy atom. The Bertz CT molecular complexity index is 444. The summed E-state index contributed by atoms with van der Waals surface area (Å²) in [7, 11) is 0. The van der Waals surface area contributed by atoms with Crippen LogP contribution in [0, 0.1) is 5.92 Å². The Balaban J connectivity index is 1.85. The van der Waals surface area contributed by atoms with Crippen LogP contribution in [0.2, 0.25) is 0 Å². The zero-order valence-electron chi connectivity index (χ0n) is 12.1. The predicted molar refractivity (Wildman–Crippen MR) is 84.6 cm³/mol. The fraction of sp³-hybridized carbons (Fsp3) is 0.562. The minimum absolute atomic E-state index is 0.00676. The molecule has 3 nitrogen and oxygen atoms in total. The van der Waals surface area contributed by atoms with Gasteiger partial charge in [0.25, 0.3) is 5.91 Å². The van der Waals surface area contributed by atoms with E-state index in [1.54, 1.807) is 0 Å². The van der Waals surface area contributed by atoms with E-state index in [1.807, 2.05) is 38.1 Å². The maximum Gasteiger partial charge on any atom is 0.251 e. The smallest absolute Gasteiger partial charge is 0.251 e. The van der Waals surface area contributed by atoms with Crippen molar-refractivity contribution in [3.63, 3.8) is 0 Å². The van der Waals surface area contributed by atoms with E-state index < -0.39 is 0 Å². The summed E-state index contributed by atoms with van der Waals surface area (Å²) in [5.74, 6) is 1.35. The molecule has 0 aromatic heterocycles. The standard InChI is InChI=1S/C16H22BrNO2/c1-11(2)20-14-8-6-12(7-9-14)16(19)18-10-13-4-3-5-15(13)17/h6-9,11,13,15H,3-5,10H2,1-2H3,(H,18,19). The van der Waals surface area contributed by atoms with Crippen LogP contribution in [0.3, 0.4) is 0 Å². The molecule has 0 bridgehead atoms. The van der Waals surface area contributed by atoms with Gasteiger partial charge < -0.3 is 10.1 Å². The van der Waals surface area contributed by atoms with E-state index in [4.69, 9.17) is 4.74 Å². The highest BCUT2D eigenvalue weighted by Gasteiger charge is 2.25. The van der Waals surface area contributed by atoms with Crippen molar-refractivity contribution < 1.29 is 9.53 Å². The number of rotatable bonds is 5. The van der Waals surface area contributed by atoms with Crippen LogP contribution in [-0.2, 0) is 0 Å². The second-order valence-corrected chi connectivity index (χ2v) is 6.78. The molecule has 2 rings (SSSR count). The molecule has 0 saturated heterocycles. The number of carbonyl (C=O) groups excluding carboxylic acids is 1. The lowest BCUT2D eigenvalue weighted by atomic mass is 10.1. The normalized spacial score (nSPS) is 22.0. The van der Waals surface area contributed by atoms with Gasteiger partial charge in [-0.1, -0.05) is 22.4 Å². The Labute approximate surface area is 129 Å². The van der Waals surface area contributed by atoms with Crippen LogP contribution in [0.1, 0.15) is 43.5 Å². The van der Waals surface area contributed by atoms with E-state index in [2.05, 4.69) is 21.2 Å². The average Bonchev–Trinajstić information content (AvgIpc) is 2.82. The van der Waals surface area contributed by atoms with Gasteiger partial charge in [-0.05, 0) is 56.9 Å². The van der Waals surface area contributed by atoms with Gasteiger partial charge in [-0.15, -0.1) is 0 Å². The Hall–Kier alpha value is -1.03. The lowest BCUT2D eigenvalue weighted by Gasteiger charge is -2.15. The van der Waals surface area contributed by atoms with Gasteiger partial charge >= 0.3 is 0 Å². The number of halogens is 1. The summed E-state index contributed by atoms with van der Waals surface area (Å²) in [5.41, 5.74) is 0.685. The second kappa shape index (κ2) is 7.11. The van der Waals surface area contributed by atoms with Gasteiger partial charge in [0.15, 0.2) is 0 Å². The summed E-state index contributed by atoms with van der Waals surface area (Å²) in [6.07, 6.45) is 3.80. The van der Waals surface area contributed by atoms with Crippen LogP contribution >= 0.6 is 15.9 Å². The molecule has 2 atom stereocenters. The Morgan fingerprint density at radius 1 is 1.35 bits per heavy atom. The molecule has 20 heavy (non-hydrogen) atoms. The van der Waals surface area contributed by atoms with Gasteiger partial charge in [-0.2, -0.15) is 0 Å². The summed E-state index contributed by atoms with van der Waals surface area (Å²) in [4.78, 5) is 12.6. The Morgan fingerprint density at radius 2 is 2.05 bits per heavy atom. The zero-order chi connectivity index (χ0) is 14.5. The van der Waals surface area contributed by atoms with E-state index in [0.29, 0.717) is 16.3 Å². The molecule has 1 N–H and O–H groups in total. The van der Waals surface area contributed by atoms with Crippen molar-refractivity contribution in [3.8, 4) is 5.75 Å². The van der Waals surface area contributed by atoms with Crippen molar-refractivity contribution >= 4 is 21.8 Å². The second-order valence-electron chi connectivity index (χ2n) is 5.61. The first-order valence-corrected chi connectivity index (χ1v) is 8.17. The molecule has 1 aromatic rings. The summed E-state index contributed by atoms with van der Waals surface area (Å²) in [6.45, 7) is 4.72. The van der Waals surface area contributed by atoms with Crippen LogP contribution in [-0.4, -0.2) is 23.4 Å². The lowest BCUT2D eigenvalue weighted by Crippen LogP contribution is -2.30. The van der Waals surface area contributed by atoms with Crippen LogP contribution in [0.15, 0.2) is 24.3 Å². The molecular formula is C16H22BrNO2. The third-order valence-electron chi connectivity index (χ3n) is 3.58. The van der Waals surface area contributed by atoms with Crippen molar-refractivity contribution in [2.45, 2.75) is 44.0 Å². The molecule has 1 amide bonds.